The van der Waals surface area contributed by atoms with Crippen molar-refractivity contribution in [2.45, 2.75) is 31.7 Å². The maximum absolute atomic E-state index is 12.8. The first-order valence-corrected chi connectivity index (χ1v) is 7.95. The van der Waals surface area contributed by atoms with E-state index in [1.54, 1.807) is 12.3 Å². The van der Waals surface area contributed by atoms with Crippen molar-refractivity contribution in [3.05, 3.63) is 17.1 Å². The number of nitrogen functional groups attached to an aromatic ring is 1. The molecule has 1 saturated heterocycles. The predicted octanol–water partition coefficient (Wildman–Crippen LogP) is 1.65. The van der Waals surface area contributed by atoms with Crippen LogP contribution in [0.5, 0.6) is 0 Å². The van der Waals surface area contributed by atoms with E-state index in [9.17, 15) is 9.90 Å². The second-order valence-corrected chi connectivity index (χ2v) is 6.25. The van der Waals surface area contributed by atoms with Gasteiger partial charge in [-0.3, -0.25) is 4.79 Å². The zero-order valence-corrected chi connectivity index (χ0v) is 12.5. The molecule has 1 unspecified atom stereocenters. The van der Waals surface area contributed by atoms with E-state index in [2.05, 4.69) is 10.2 Å². The Morgan fingerprint density at radius 3 is 3.14 bits per heavy atom. The minimum atomic E-state index is -0.0475. The van der Waals surface area contributed by atoms with E-state index in [1.807, 2.05) is 4.90 Å². The van der Waals surface area contributed by atoms with Crippen LogP contribution < -0.4 is 5.73 Å². The van der Waals surface area contributed by atoms with Crippen molar-refractivity contribution < 1.29 is 9.90 Å². The molecule has 0 saturated carbocycles. The molecule has 2 aromatic heterocycles. The Labute approximate surface area is 126 Å². The van der Waals surface area contributed by atoms with Gasteiger partial charge in [0.15, 0.2) is 0 Å². The predicted molar refractivity (Wildman–Crippen MR) is 82.2 cm³/mol. The summed E-state index contributed by atoms with van der Waals surface area (Å²) in [7, 11) is 0. The van der Waals surface area contributed by atoms with Crippen LogP contribution in [0.25, 0.3) is 10.2 Å². The molecule has 1 atom stereocenters. The van der Waals surface area contributed by atoms with Gasteiger partial charge in [0, 0.05) is 24.6 Å². The highest BCUT2D eigenvalue weighted by atomic mass is 32.1. The number of hydrogen-bond donors (Lipinski definition) is 2. The summed E-state index contributed by atoms with van der Waals surface area (Å²) in [5.74, 6) is -0.0475. The zero-order valence-electron chi connectivity index (χ0n) is 11.7. The summed E-state index contributed by atoms with van der Waals surface area (Å²) in [5.41, 5.74) is 6.60. The number of likely N-dealkylation sites (tertiary alicyclic amines) is 1. The molecule has 1 aliphatic heterocycles. The molecule has 2 aromatic rings. The van der Waals surface area contributed by atoms with E-state index >= 15 is 0 Å². The number of amides is 1. The number of anilines is 1. The molecule has 1 fully saturated rings. The Morgan fingerprint density at radius 1 is 1.52 bits per heavy atom. The molecule has 0 bridgehead atoms. The second kappa shape index (κ2) is 5.95. The van der Waals surface area contributed by atoms with Gasteiger partial charge in [0.2, 0.25) is 0 Å². The van der Waals surface area contributed by atoms with Gasteiger partial charge in [0.25, 0.3) is 5.91 Å². The molecule has 1 amide bonds. The van der Waals surface area contributed by atoms with Gasteiger partial charge in [-0.15, -0.1) is 16.4 Å². The van der Waals surface area contributed by atoms with Crippen LogP contribution in [0.3, 0.4) is 0 Å². The number of thiophene rings is 1. The summed E-state index contributed by atoms with van der Waals surface area (Å²) < 4.78 is 0. The van der Waals surface area contributed by atoms with E-state index < -0.39 is 0 Å². The quantitative estimate of drug-likeness (QED) is 0.899. The average molecular weight is 306 g/mol. The highest BCUT2D eigenvalue weighted by Gasteiger charge is 2.29. The highest BCUT2D eigenvalue weighted by Crippen LogP contribution is 2.34. The Bertz CT molecular complexity index is 655. The molecule has 0 radical (unpaired) electrons. The van der Waals surface area contributed by atoms with Gasteiger partial charge in [-0.1, -0.05) is 0 Å². The van der Waals surface area contributed by atoms with Crippen molar-refractivity contribution >= 4 is 33.1 Å². The van der Waals surface area contributed by atoms with E-state index in [0.717, 1.165) is 31.2 Å². The Morgan fingerprint density at radius 2 is 2.38 bits per heavy atom. The number of carbonyl (C=O) groups is 1. The van der Waals surface area contributed by atoms with Crippen molar-refractivity contribution in [2.24, 2.45) is 0 Å². The van der Waals surface area contributed by atoms with Crippen LogP contribution in [0.2, 0.25) is 0 Å². The maximum Gasteiger partial charge on any atom is 0.266 e. The van der Waals surface area contributed by atoms with Crippen LogP contribution in [0.1, 0.15) is 35.4 Å². The van der Waals surface area contributed by atoms with E-state index in [-0.39, 0.29) is 18.6 Å². The van der Waals surface area contributed by atoms with Crippen molar-refractivity contribution in [1.29, 1.82) is 0 Å². The SMILES string of the molecule is Nc1c(C(=O)N2CCCCC2CCO)sc2nnccc12. The minimum Gasteiger partial charge on any atom is -0.397 e. The number of piperidine rings is 1. The summed E-state index contributed by atoms with van der Waals surface area (Å²) >= 11 is 1.29. The lowest BCUT2D eigenvalue weighted by Crippen LogP contribution is -2.44. The topological polar surface area (TPSA) is 92.3 Å². The number of fused-ring (bicyclic) bond motifs is 1. The number of carbonyl (C=O) groups excluding carboxylic acids is 1. The van der Waals surface area contributed by atoms with Crippen LogP contribution in [0.4, 0.5) is 5.69 Å². The molecule has 3 heterocycles. The molecule has 3 N–H and O–H groups in total. The standard InChI is InChI=1S/C14H18N4O2S/c15-11-10-4-6-16-17-13(10)21-12(11)14(20)18-7-2-1-3-9(18)5-8-19/h4,6,9,19H,1-3,5,7-8,15H2. The molecule has 0 aliphatic carbocycles. The number of rotatable bonds is 3. The molecule has 21 heavy (non-hydrogen) atoms. The van der Waals surface area contributed by atoms with Gasteiger partial charge in [-0.05, 0) is 31.7 Å². The van der Waals surface area contributed by atoms with Crippen LogP contribution in [-0.2, 0) is 0 Å². The molecule has 7 heteroatoms. The fourth-order valence-electron chi connectivity index (χ4n) is 2.88. The number of nitrogens with zero attached hydrogens (tertiary/aromatic N) is 3. The molecule has 0 aromatic carbocycles. The average Bonchev–Trinajstić information content (AvgIpc) is 2.85. The summed E-state index contributed by atoms with van der Waals surface area (Å²) in [6.45, 7) is 0.824. The zero-order chi connectivity index (χ0) is 14.8. The lowest BCUT2D eigenvalue weighted by atomic mass is 9.99. The lowest BCUT2D eigenvalue weighted by molar-refractivity contribution is 0.0580. The van der Waals surface area contributed by atoms with Crippen LogP contribution in [0, 0.1) is 0 Å². The van der Waals surface area contributed by atoms with Crippen molar-refractivity contribution in [3.8, 4) is 0 Å². The van der Waals surface area contributed by atoms with E-state index in [4.69, 9.17) is 5.73 Å². The molecular weight excluding hydrogens is 288 g/mol. The molecule has 1 aliphatic rings. The maximum atomic E-state index is 12.8. The van der Waals surface area contributed by atoms with Crippen LogP contribution >= 0.6 is 11.3 Å². The number of aliphatic hydroxyl groups is 1. The van der Waals surface area contributed by atoms with Crippen LogP contribution in [-0.4, -0.2) is 45.3 Å². The second-order valence-electron chi connectivity index (χ2n) is 5.26. The molecular formula is C14H18N4O2S. The molecule has 112 valence electrons. The first-order valence-electron chi connectivity index (χ1n) is 7.14. The third-order valence-corrected chi connectivity index (χ3v) is 5.06. The number of hydrogen-bond acceptors (Lipinski definition) is 6. The number of aliphatic hydroxyl groups excluding tert-OH is 1. The monoisotopic (exact) mass is 306 g/mol. The number of aromatic nitrogens is 2. The normalized spacial score (nSPS) is 19.1. The summed E-state index contributed by atoms with van der Waals surface area (Å²) in [4.78, 5) is 15.9. The van der Waals surface area contributed by atoms with Crippen molar-refractivity contribution in [3.63, 3.8) is 0 Å². The van der Waals surface area contributed by atoms with Gasteiger partial charge >= 0.3 is 0 Å². The fourth-order valence-corrected chi connectivity index (χ4v) is 3.87. The molecule has 6 nitrogen and oxygen atoms in total. The Kier molecular flexibility index (Phi) is 4.03. The molecule has 3 rings (SSSR count). The highest BCUT2D eigenvalue weighted by molar-refractivity contribution is 7.21. The fraction of sp³-hybridized carbons (Fsp3) is 0.500. The molecule has 0 spiro atoms. The van der Waals surface area contributed by atoms with Gasteiger partial charge in [-0.2, -0.15) is 5.10 Å². The van der Waals surface area contributed by atoms with E-state index in [0.29, 0.717) is 21.8 Å². The largest absolute Gasteiger partial charge is 0.397 e. The summed E-state index contributed by atoms with van der Waals surface area (Å²) in [6, 6.07) is 1.89. The van der Waals surface area contributed by atoms with Gasteiger partial charge in [0.1, 0.15) is 9.71 Å². The number of nitrogens with two attached hydrogens (primary N) is 1. The Hall–Kier alpha value is -1.73. The van der Waals surface area contributed by atoms with Gasteiger partial charge < -0.3 is 15.7 Å². The van der Waals surface area contributed by atoms with Crippen LogP contribution in [0.15, 0.2) is 12.3 Å². The van der Waals surface area contributed by atoms with Gasteiger partial charge in [-0.25, -0.2) is 0 Å². The smallest absolute Gasteiger partial charge is 0.266 e. The third kappa shape index (κ3) is 2.58. The van der Waals surface area contributed by atoms with E-state index in [1.165, 1.54) is 11.3 Å². The first kappa shape index (κ1) is 14.2. The lowest BCUT2D eigenvalue weighted by Gasteiger charge is -2.35. The van der Waals surface area contributed by atoms with Crippen molar-refractivity contribution in [2.75, 3.05) is 18.9 Å². The van der Waals surface area contributed by atoms with Gasteiger partial charge in [0.05, 0.1) is 11.9 Å². The van der Waals surface area contributed by atoms with Crippen molar-refractivity contribution in [1.82, 2.24) is 15.1 Å². The first-order chi connectivity index (χ1) is 10.2. The third-order valence-electron chi connectivity index (χ3n) is 3.96. The summed E-state index contributed by atoms with van der Waals surface area (Å²) in [6.07, 6.45) is 5.24. The Balaban J connectivity index is 1.93. The minimum absolute atomic E-state index is 0.0475. The summed E-state index contributed by atoms with van der Waals surface area (Å²) in [5, 5.41) is 17.8.